The molecule has 0 bridgehead atoms. The fourth-order valence-electron chi connectivity index (χ4n) is 2.04. The number of hydrogen-bond donors (Lipinski definition) is 0. The van der Waals surface area contributed by atoms with E-state index >= 15 is 0 Å². The Labute approximate surface area is 108 Å². The average Bonchev–Trinajstić information content (AvgIpc) is 2.15. The number of carbonyl (C=O) groups is 1. The van der Waals surface area contributed by atoms with Crippen LogP contribution in [0.3, 0.4) is 0 Å². The monoisotopic (exact) mass is 256 g/mol. The molecule has 0 saturated carbocycles. The first-order valence-corrected chi connectivity index (χ1v) is 7.50. The summed E-state index contributed by atoms with van der Waals surface area (Å²) in [5.41, 5.74) is 0.470. The summed E-state index contributed by atoms with van der Waals surface area (Å²) in [7, 11) is 0.175. The molecule has 0 radical (unpaired) electrons. The molecule has 0 aromatic carbocycles. The van der Waals surface area contributed by atoms with Gasteiger partial charge in [-0.2, -0.15) is 0 Å². The van der Waals surface area contributed by atoms with E-state index in [1.165, 1.54) is 0 Å². The van der Waals surface area contributed by atoms with Gasteiger partial charge in [-0.1, -0.05) is 40.5 Å². The minimum Gasteiger partial charge on any atom is -0.439 e. The first-order valence-electron chi connectivity index (χ1n) is 6.09. The zero-order chi connectivity index (χ0) is 13.5. The summed E-state index contributed by atoms with van der Waals surface area (Å²) < 4.78 is 4.81. The van der Waals surface area contributed by atoms with Gasteiger partial charge in [-0.05, 0) is 30.3 Å². The van der Waals surface area contributed by atoms with Gasteiger partial charge < -0.3 is 4.52 Å². The normalized spacial score (nSPS) is 15.2. The maximum Gasteiger partial charge on any atom is 0.386 e. The van der Waals surface area contributed by atoms with E-state index in [0.29, 0.717) is 0 Å². The number of hydrogen-bond acceptors (Lipinski definition) is 2. The minimum absolute atomic E-state index is 0.175. The molecule has 0 heterocycles. The second-order valence-corrected chi connectivity index (χ2v) is 6.59. The average molecular weight is 256 g/mol. The standard InChI is InChI=1S/C14H25O2P/c1-7-14(5,11-13(2,3)4)10-8-9-12(15)16-17-6/h17H,7,10-11H2,1-6H3. The molecule has 2 unspecified atom stereocenters. The van der Waals surface area contributed by atoms with Crippen LogP contribution in [0.15, 0.2) is 0 Å². The van der Waals surface area contributed by atoms with Gasteiger partial charge in [-0.15, -0.1) is 0 Å². The van der Waals surface area contributed by atoms with Crippen molar-refractivity contribution in [1.29, 1.82) is 0 Å². The van der Waals surface area contributed by atoms with Gasteiger partial charge in [0, 0.05) is 12.3 Å². The van der Waals surface area contributed by atoms with Crippen LogP contribution < -0.4 is 0 Å². The van der Waals surface area contributed by atoms with E-state index in [0.717, 1.165) is 19.3 Å². The van der Waals surface area contributed by atoms with Crippen molar-refractivity contribution in [3.8, 4) is 11.8 Å². The Balaban J connectivity index is 4.44. The summed E-state index contributed by atoms with van der Waals surface area (Å²) in [6.07, 6.45) is 2.93. The van der Waals surface area contributed by atoms with E-state index in [1.807, 2.05) is 6.66 Å². The summed E-state index contributed by atoms with van der Waals surface area (Å²) in [5.74, 6) is 5.12. The van der Waals surface area contributed by atoms with E-state index in [2.05, 4.69) is 46.5 Å². The van der Waals surface area contributed by atoms with Gasteiger partial charge in [-0.3, -0.25) is 0 Å². The van der Waals surface area contributed by atoms with Crippen LogP contribution in [0.4, 0.5) is 0 Å². The molecule has 0 saturated heterocycles. The molecule has 3 heteroatoms. The Morgan fingerprint density at radius 3 is 2.29 bits per heavy atom. The van der Waals surface area contributed by atoms with Gasteiger partial charge in [0.1, 0.15) is 0 Å². The van der Waals surface area contributed by atoms with Crippen molar-refractivity contribution in [2.75, 3.05) is 6.66 Å². The highest BCUT2D eigenvalue weighted by atomic mass is 31.1. The topological polar surface area (TPSA) is 26.3 Å². The smallest absolute Gasteiger partial charge is 0.386 e. The molecule has 0 aromatic rings. The predicted octanol–water partition coefficient (Wildman–Crippen LogP) is 4.00. The van der Waals surface area contributed by atoms with Gasteiger partial charge in [0.05, 0.1) is 8.81 Å². The van der Waals surface area contributed by atoms with Crippen molar-refractivity contribution in [3.05, 3.63) is 0 Å². The van der Waals surface area contributed by atoms with Crippen molar-refractivity contribution in [1.82, 2.24) is 0 Å². The van der Waals surface area contributed by atoms with E-state index in [4.69, 9.17) is 4.52 Å². The molecule has 0 aliphatic carbocycles. The summed E-state index contributed by atoms with van der Waals surface area (Å²) in [6, 6.07) is 0. The maximum atomic E-state index is 11.1. The van der Waals surface area contributed by atoms with E-state index in [-0.39, 0.29) is 19.6 Å². The van der Waals surface area contributed by atoms with Crippen molar-refractivity contribution in [2.24, 2.45) is 10.8 Å². The van der Waals surface area contributed by atoms with Gasteiger partial charge in [-0.25, -0.2) is 4.79 Å². The summed E-state index contributed by atoms with van der Waals surface area (Å²) >= 11 is 0. The molecule has 2 nitrogen and oxygen atoms in total. The number of rotatable bonds is 4. The molecule has 0 spiro atoms. The van der Waals surface area contributed by atoms with Crippen LogP contribution in [-0.4, -0.2) is 12.6 Å². The molecule has 0 fully saturated rings. The van der Waals surface area contributed by atoms with Crippen molar-refractivity contribution in [3.63, 3.8) is 0 Å². The molecule has 0 aliphatic heterocycles. The third kappa shape index (κ3) is 8.22. The number of carbonyl (C=O) groups excluding carboxylic acids is 1. The second kappa shape index (κ2) is 7.02. The van der Waals surface area contributed by atoms with Gasteiger partial charge in [0.25, 0.3) is 0 Å². The predicted molar refractivity (Wildman–Crippen MR) is 75.2 cm³/mol. The highest BCUT2D eigenvalue weighted by Crippen LogP contribution is 2.38. The molecule has 17 heavy (non-hydrogen) atoms. The molecule has 2 atom stereocenters. The second-order valence-electron chi connectivity index (χ2n) is 5.97. The zero-order valence-corrected chi connectivity index (χ0v) is 12.9. The molecule has 0 aliphatic rings. The molecule has 0 amide bonds. The Morgan fingerprint density at radius 1 is 1.29 bits per heavy atom. The Bertz CT molecular complexity index is 306. The van der Waals surface area contributed by atoms with Crippen LogP contribution >= 0.6 is 8.81 Å². The van der Waals surface area contributed by atoms with Crippen LogP contribution in [0, 0.1) is 22.7 Å². The third-order valence-electron chi connectivity index (χ3n) is 2.71. The highest BCUT2D eigenvalue weighted by Gasteiger charge is 2.27. The Hall–Kier alpha value is -0.540. The van der Waals surface area contributed by atoms with Crippen molar-refractivity contribution >= 4 is 14.8 Å². The molecular formula is C14H25O2P. The van der Waals surface area contributed by atoms with E-state index in [1.54, 1.807) is 0 Å². The largest absolute Gasteiger partial charge is 0.439 e. The van der Waals surface area contributed by atoms with Crippen LogP contribution in [0.5, 0.6) is 0 Å². The third-order valence-corrected chi connectivity index (χ3v) is 3.10. The summed E-state index contributed by atoms with van der Waals surface area (Å²) in [4.78, 5) is 11.1. The molecular weight excluding hydrogens is 231 g/mol. The van der Waals surface area contributed by atoms with E-state index in [9.17, 15) is 4.79 Å². The Morgan fingerprint density at radius 2 is 1.88 bits per heavy atom. The molecule has 0 aromatic heterocycles. The van der Waals surface area contributed by atoms with Crippen molar-refractivity contribution < 1.29 is 9.32 Å². The maximum absolute atomic E-state index is 11.1. The fraction of sp³-hybridized carbons (Fsp3) is 0.786. The lowest BCUT2D eigenvalue weighted by atomic mass is 9.72. The molecule has 0 N–H and O–H groups in total. The lowest BCUT2D eigenvalue weighted by molar-refractivity contribution is -0.127. The Kier molecular flexibility index (Phi) is 6.80. The van der Waals surface area contributed by atoms with Gasteiger partial charge in [0.2, 0.25) is 0 Å². The zero-order valence-electron chi connectivity index (χ0n) is 11.9. The highest BCUT2D eigenvalue weighted by molar-refractivity contribution is 7.31. The van der Waals surface area contributed by atoms with Crippen LogP contribution in [-0.2, 0) is 9.32 Å². The summed E-state index contributed by atoms with van der Waals surface area (Å²) in [5, 5.41) is 0. The van der Waals surface area contributed by atoms with Crippen LogP contribution in [0.25, 0.3) is 0 Å². The molecule has 0 rings (SSSR count). The lowest BCUT2D eigenvalue weighted by Gasteiger charge is -2.33. The first kappa shape index (κ1) is 16.5. The van der Waals surface area contributed by atoms with Crippen LogP contribution in [0.1, 0.15) is 53.9 Å². The SMILES string of the molecule is CCC(C)(CC#CC(=O)OPC)CC(C)(C)C. The van der Waals surface area contributed by atoms with Gasteiger partial charge >= 0.3 is 5.97 Å². The minimum atomic E-state index is -0.403. The first-order chi connectivity index (χ1) is 7.72. The van der Waals surface area contributed by atoms with E-state index < -0.39 is 5.97 Å². The van der Waals surface area contributed by atoms with Crippen LogP contribution in [0.2, 0.25) is 0 Å². The lowest BCUT2D eigenvalue weighted by Crippen LogP contribution is -2.22. The summed E-state index contributed by atoms with van der Waals surface area (Å²) in [6.45, 7) is 12.9. The van der Waals surface area contributed by atoms with Crippen molar-refractivity contribution in [2.45, 2.75) is 53.9 Å². The quantitative estimate of drug-likeness (QED) is 0.561. The van der Waals surface area contributed by atoms with Gasteiger partial charge in [0.15, 0.2) is 0 Å². The molecule has 98 valence electrons. The fourth-order valence-corrected chi connectivity index (χ4v) is 2.28.